The van der Waals surface area contributed by atoms with E-state index in [0.717, 1.165) is 29.7 Å². The summed E-state index contributed by atoms with van der Waals surface area (Å²) >= 11 is 0. The molecule has 2 heterocycles. The van der Waals surface area contributed by atoms with E-state index in [1.165, 1.54) is 12.1 Å². The second-order valence-electron chi connectivity index (χ2n) is 6.49. The number of amides is 1. The van der Waals surface area contributed by atoms with E-state index >= 15 is 0 Å². The second kappa shape index (κ2) is 7.61. The van der Waals surface area contributed by atoms with Crippen LogP contribution in [0.1, 0.15) is 0 Å². The number of halogens is 1. The monoisotopic (exact) mass is 365 g/mol. The van der Waals surface area contributed by atoms with Crippen LogP contribution in [-0.4, -0.2) is 48.6 Å². The van der Waals surface area contributed by atoms with Gasteiger partial charge in [-0.3, -0.25) is 9.78 Å². The Hall–Kier alpha value is -3.15. The Morgan fingerprint density at radius 1 is 1.04 bits per heavy atom. The van der Waals surface area contributed by atoms with Crippen molar-refractivity contribution in [2.24, 2.45) is 0 Å². The molecule has 4 rings (SSSR count). The lowest BCUT2D eigenvalue weighted by Crippen LogP contribution is -2.50. The summed E-state index contributed by atoms with van der Waals surface area (Å²) in [6.07, 6.45) is 1.75. The van der Waals surface area contributed by atoms with Crippen LogP contribution in [0, 0.1) is 5.82 Å². The number of hydrogen-bond donors (Lipinski definition) is 0. The molecule has 5 nitrogen and oxygen atoms in total. The zero-order valence-electron chi connectivity index (χ0n) is 14.8. The van der Waals surface area contributed by atoms with Gasteiger partial charge in [0.2, 0.25) is 0 Å². The number of pyridine rings is 1. The smallest absolute Gasteiger partial charge is 0.260 e. The fourth-order valence-corrected chi connectivity index (χ4v) is 3.25. The molecule has 1 aromatic heterocycles. The highest BCUT2D eigenvalue weighted by atomic mass is 19.1. The average molecular weight is 365 g/mol. The first-order valence-electron chi connectivity index (χ1n) is 8.95. The minimum absolute atomic E-state index is 0.0162. The van der Waals surface area contributed by atoms with Crippen LogP contribution < -0.4 is 9.64 Å². The second-order valence-corrected chi connectivity index (χ2v) is 6.49. The first kappa shape index (κ1) is 17.3. The molecule has 0 saturated carbocycles. The fraction of sp³-hybridized carbons (Fsp3) is 0.238. The third-order valence-corrected chi connectivity index (χ3v) is 4.76. The Labute approximate surface area is 157 Å². The third kappa shape index (κ3) is 4.00. The Bertz CT molecular complexity index is 938. The molecule has 27 heavy (non-hydrogen) atoms. The Morgan fingerprint density at radius 2 is 1.81 bits per heavy atom. The number of hydrogen-bond acceptors (Lipinski definition) is 4. The van der Waals surface area contributed by atoms with E-state index in [2.05, 4.69) is 9.88 Å². The quantitative estimate of drug-likeness (QED) is 0.713. The van der Waals surface area contributed by atoms with E-state index < -0.39 is 0 Å². The molecule has 1 fully saturated rings. The number of fused-ring (bicyclic) bond motifs is 1. The zero-order chi connectivity index (χ0) is 18.6. The molecule has 0 N–H and O–H groups in total. The number of rotatable bonds is 4. The van der Waals surface area contributed by atoms with Crippen LogP contribution >= 0.6 is 0 Å². The number of piperazine rings is 1. The van der Waals surface area contributed by atoms with Crippen LogP contribution in [0.15, 0.2) is 60.8 Å². The molecule has 0 spiro atoms. The SMILES string of the molecule is O=C(COc1ccc2ncccc2c1)N1CCN(c2ccc(F)cc2)CC1. The number of benzene rings is 2. The topological polar surface area (TPSA) is 45.7 Å². The van der Waals surface area contributed by atoms with Gasteiger partial charge >= 0.3 is 0 Å². The summed E-state index contributed by atoms with van der Waals surface area (Å²) in [4.78, 5) is 20.7. The number of ether oxygens (including phenoxy) is 1. The van der Waals surface area contributed by atoms with Crippen LogP contribution in [0.5, 0.6) is 5.75 Å². The van der Waals surface area contributed by atoms with Crippen molar-refractivity contribution in [1.29, 1.82) is 0 Å². The van der Waals surface area contributed by atoms with Gasteiger partial charge in [0.05, 0.1) is 5.52 Å². The van der Waals surface area contributed by atoms with E-state index in [1.54, 1.807) is 18.3 Å². The summed E-state index contributed by atoms with van der Waals surface area (Å²) in [7, 11) is 0. The number of carbonyl (C=O) groups excluding carboxylic acids is 1. The van der Waals surface area contributed by atoms with Gasteiger partial charge in [-0.15, -0.1) is 0 Å². The summed E-state index contributed by atoms with van der Waals surface area (Å²) < 4.78 is 18.7. The van der Waals surface area contributed by atoms with E-state index in [4.69, 9.17) is 4.74 Å². The number of anilines is 1. The molecular formula is C21H20FN3O2. The van der Waals surface area contributed by atoms with Gasteiger partial charge in [0, 0.05) is 43.4 Å². The van der Waals surface area contributed by atoms with Gasteiger partial charge in [-0.1, -0.05) is 6.07 Å². The first-order valence-corrected chi connectivity index (χ1v) is 8.95. The minimum Gasteiger partial charge on any atom is -0.484 e. The first-order chi connectivity index (χ1) is 13.2. The Kier molecular flexibility index (Phi) is 4.87. The maximum atomic E-state index is 13.0. The van der Waals surface area contributed by atoms with Gasteiger partial charge < -0.3 is 14.5 Å². The van der Waals surface area contributed by atoms with E-state index in [-0.39, 0.29) is 18.3 Å². The lowest BCUT2D eigenvalue weighted by atomic mass is 10.2. The Morgan fingerprint density at radius 3 is 2.59 bits per heavy atom. The standard InChI is InChI=1S/C21H20FN3O2/c22-17-3-5-18(6-4-17)24-10-12-25(13-11-24)21(26)15-27-19-7-8-20-16(14-19)2-1-9-23-20/h1-9,14H,10-13,15H2. The Balaban J connectivity index is 1.30. The molecule has 0 aliphatic carbocycles. The molecule has 1 aliphatic heterocycles. The van der Waals surface area contributed by atoms with E-state index in [9.17, 15) is 9.18 Å². The van der Waals surface area contributed by atoms with E-state index in [1.807, 2.05) is 35.2 Å². The third-order valence-electron chi connectivity index (χ3n) is 4.76. The van der Waals surface area contributed by atoms with Gasteiger partial charge in [-0.05, 0) is 48.5 Å². The number of carbonyl (C=O) groups is 1. The van der Waals surface area contributed by atoms with Crippen LogP contribution in [0.25, 0.3) is 10.9 Å². The number of nitrogens with zero attached hydrogens (tertiary/aromatic N) is 3. The molecule has 1 saturated heterocycles. The van der Waals surface area contributed by atoms with Gasteiger partial charge in [-0.25, -0.2) is 4.39 Å². The normalized spacial score (nSPS) is 14.4. The molecule has 6 heteroatoms. The highest BCUT2D eigenvalue weighted by Gasteiger charge is 2.21. The van der Waals surface area contributed by atoms with Gasteiger partial charge in [-0.2, -0.15) is 0 Å². The maximum absolute atomic E-state index is 13.0. The van der Waals surface area contributed by atoms with Crippen LogP contribution in [-0.2, 0) is 4.79 Å². The largest absolute Gasteiger partial charge is 0.484 e. The van der Waals surface area contributed by atoms with Gasteiger partial charge in [0.1, 0.15) is 11.6 Å². The molecule has 1 aliphatic rings. The van der Waals surface area contributed by atoms with Gasteiger partial charge in [0.15, 0.2) is 6.61 Å². The van der Waals surface area contributed by atoms with E-state index in [0.29, 0.717) is 18.8 Å². The summed E-state index contributed by atoms with van der Waals surface area (Å²) in [6, 6.07) is 15.9. The lowest BCUT2D eigenvalue weighted by Gasteiger charge is -2.36. The highest BCUT2D eigenvalue weighted by molar-refractivity contribution is 5.80. The van der Waals surface area contributed by atoms with Crippen molar-refractivity contribution in [2.45, 2.75) is 0 Å². The molecule has 0 unspecified atom stereocenters. The van der Waals surface area contributed by atoms with Crippen LogP contribution in [0.2, 0.25) is 0 Å². The predicted octanol–water partition coefficient (Wildman–Crippen LogP) is 3.10. The van der Waals surface area contributed by atoms with Crippen molar-refractivity contribution < 1.29 is 13.9 Å². The van der Waals surface area contributed by atoms with Gasteiger partial charge in [0.25, 0.3) is 5.91 Å². The molecule has 2 aromatic carbocycles. The molecule has 0 atom stereocenters. The summed E-state index contributed by atoms with van der Waals surface area (Å²) in [6.45, 7) is 2.71. The van der Waals surface area contributed by atoms with Crippen LogP contribution in [0.4, 0.5) is 10.1 Å². The lowest BCUT2D eigenvalue weighted by molar-refractivity contribution is -0.133. The molecule has 138 valence electrons. The van der Waals surface area contributed by atoms with Crippen molar-refractivity contribution in [3.63, 3.8) is 0 Å². The zero-order valence-corrected chi connectivity index (χ0v) is 14.8. The molecule has 0 radical (unpaired) electrons. The molecule has 1 amide bonds. The molecule has 0 bridgehead atoms. The summed E-state index contributed by atoms with van der Waals surface area (Å²) in [5.41, 5.74) is 1.87. The number of aromatic nitrogens is 1. The van der Waals surface area contributed by atoms with Crippen molar-refractivity contribution in [3.8, 4) is 5.75 Å². The molecular weight excluding hydrogens is 345 g/mol. The fourth-order valence-electron chi connectivity index (χ4n) is 3.25. The van der Waals surface area contributed by atoms with Crippen LogP contribution in [0.3, 0.4) is 0 Å². The van der Waals surface area contributed by atoms with Crippen molar-refractivity contribution >= 4 is 22.5 Å². The van der Waals surface area contributed by atoms with Crippen molar-refractivity contribution in [1.82, 2.24) is 9.88 Å². The van der Waals surface area contributed by atoms with Crippen molar-refractivity contribution in [3.05, 3.63) is 66.6 Å². The van der Waals surface area contributed by atoms with Crippen molar-refractivity contribution in [2.75, 3.05) is 37.7 Å². The average Bonchev–Trinajstić information content (AvgIpc) is 2.72. The highest BCUT2D eigenvalue weighted by Crippen LogP contribution is 2.20. The predicted molar refractivity (Wildman–Crippen MR) is 102 cm³/mol. The molecule has 3 aromatic rings. The summed E-state index contributed by atoms with van der Waals surface area (Å²) in [5, 5.41) is 0.982. The maximum Gasteiger partial charge on any atom is 0.260 e. The minimum atomic E-state index is -0.241. The summed E-state index contributed by atoms with van der Waals surface area (Å²) in [5.74, 6) is 0.392.